The molecule has 6 heteroatoms. The first-order chi connectivity index (χ1) is 11.6. The Kier molecular flexibility index (Phi) is 5.16. The molecule has 1 aliphatic heterocycles. The molecule has 1 aromatic carbocycles. The molecule has 24 heavy (non-hydrogen) atoms. The lowest BCUT2D eigenvalue weighted by atomic mass is 9.94. The Labute approximate surface area is 141 Å². The van der Waals surface area contributed by atoms with Gasteiger partial charge in [0.05, 0.1) is 6.61 Å². The summed E-state index contributed by atoms with van der Waals surface area (Å²) >= 11 is 0. The molecule has 0 bridgehead atoms. The molecule has 0 amide bonds. The number of hydrogen-bond acceptors (Lipinski definition) is 6. The van der Waals surface area contributed by atoms with Crippen molar-refractivity contribution in [3.63, 3.8) is 0 Å². The minimum Gasteiger partial charge on any atom is -0.459 e. The van der Waals surface area contributed by atoms with Gasteiger partial charge in [0.2, 0.25) is 0 Å². The average molecular weight is 334 g/mol. The van der Waals surface area contributed by atoms with Crippen molar-refractivity contribution in [3.05, 3.63) is 29.8 Å². The van der Waals surface area contributed by atoms with Gasteiger partial charge in [-0.1, -0.05) is 18.6 Å². The molecule has 130 valence electrons. The maximum Gasteiger partial charge on any atom is 0.342 e. The standard InChI is InChI=1S/C18H22O6/c1-13(19)23-16-8-4-3-7-15(16)17(20)21-11-14-12-22-18(24-14)9-5-2-6-10-18/h3-4,7-8,14H,2,5-6,9-12H2,1H3/t14-/m1/s1. The summed E-state index contributed by atoms with van der Waals surface area (Å²) < 4.78 is 22.2. The van der Waals surface area contributed by atoms with Crippen molar-refractivity contribution in [3.8, 4) is 5.75 Å². The molecule has 6 nitrogen and oxygen atoms in total. The van der Waals surface area contributed by atoms with E-state index in [0.29, 0.717) is 6.61 Å². The van der Waals surface area contributed by atoms with Crippen LogP contribution < -0.4 is 4.74 Å². The third kappa shape index (κ3) is 3.94. The van der Waals surface area contributed by atoms with Crippen molar-refractivity contribution in [2.75, 3.05) is 13.2 Å². The molecule has 0 aromatic heterocycles. The summed E-state index contributed by atoms with van der Waals surface area (Å²) in [6, 6.07) is 6.50. The van der Waals surface area contributed by atoms with Crippen molar-refractivity contribution in [2.24, 2.45) is 0 Å². The molecule has 0 radical (unpaired) electrons. The van der Waals surface area contributed by atoms with Crippen molar-refractivity contribution < 1.29 is 28.5 Å². The smallest absolute Gasteiger partial charge is 0.342 e. The molecule has 3 rings (SSSR count). The number of rotatable bonds is 4. The van der Waals surface area contributed by atoms with Crippen LogP contribution >= 0.6 is 0 Å². The second-order valence-electron chi connectivity index (χ2n) is 6.21. The third-order valence-electron chi connectivity index (χ3n) is 4.29. The Morgan fingerprint density at radius 1 is 1.21 bits per heavy atom. The Morgan fingerprint density at radius 3 is 2.71 bits per heavy atom. The predicted octanol–water partition coefficient (Wildman–Crippen LogP) is 2.84. The first-order valence-corrected chi connectivity index (χ1v) is 8.34. The molecular formula is C18H22O6. The SMILES string of the molecule is CC(=O)Oc1ccccc1C(=O)OC[C@@H]1COC2(CCCCC2)O1. The fourth-order valence-electron chi connectivity index (χ4n) is 3.18. The van der Waals surface area contributed by atoms with Gasteiger partial charge in [-0.25, -0.2) is 4.79 Å². The lowest BCUT2D eigenvalue weighted by Crippen LogP contribution is -2.34. The van der Waals surface area contributed by atoms with E-state index in [1.807, 2.05) is 0 Å². The molecule has 1 saturated heterocycles. The van der Waals surface area contributed by atoms with Gasteiger partial charge in [0.1, 0.15) is 24.0 Å². The van der Waals surface area contributed by atoms with Crippen LogP contribution in [0.1, 0.15) is 49.4 Å². The van der Waals surface area contributed by atoms with Gasteiger partial charge in [-0.2, -0.15) is 0 Å². The van der Waals surface area contributed by atoms with Crippen LogP contribution in [0.25, 0.3) is 0 Å². The maximum atomic E-state index is 12.3. The first-order valence-electron chi connectivity index (χ1n) is 8.34. The van der Waals surface area contributed by atoms with Crippen molar-refractivity contribution in [1.29, 1.82) is 0 Å². The molecule has 2 fully saturated rings. The van der Waals surface area contributed by atoms with Crippen LogP contribution in [0.3, 0.4) is 0 Å². The molecule has 1 spiro atoms. The number of benzene rings is 1. The van der Waals surface area contributed by atoms with E-state index < -0.39 is 17.7 Å². The molecule has 1 saturated carbocycles. The van der Waals surface area contributed by atoms with E-state index in [4.69, 9.17) is 18.9 Å². The summed E-state index contributed by atoms with van der Waals surface area (Å²) in [6.07, 6.45) is 4.94. The number of carbonyl (C=O) groups excluding carboxylic acids is 2. The maximum absolute atomic E-state index is 12.3. The zero-order valence-electron chi connectivity index (χ0n) is 13.8. The quantitative estimate of drug-likeness (QED) is 0.623. The lowest BCUT2D eigenvalue weighted by Gasteiger charge is -2.31. The second-order valence-corrected chi connectivity index (χ2v) is 6.21. The van der Waals surface area contributed by atoms with E-state index in [1.165, 1.54) is 13.3 Å². The van der Waals surface area contributed by atoms with E-state index >= 15 is 0 Å². The van der Waals surface area contributed by atoms with Gasteiger partial charge in [-0.15, -0.1) is 0 Å². The second kappa shape index (κ2) is 7.32. The zero-order valence-corrected chi connectivity index (χ0v) is 13.8. The van der Waals surface area contributed by atoms with Gasteiger partial charge in [0, 0.05) is 19.8 Å². The Bertz CT molecular complexity index is 605. The van der Waals surface area contributed by atoms with Crippen LogP contribution in [0.2, 0.25) is 0 Å². The van der Waals surface area contributed by atoms with E-state index in [1.54, 1.807) is 24.3 Å². The molecule has 2 aliphatic rings. The number of ether oxygens (including phenoxy) is 4. The van der Waals surface area contributed by atoms with Crippen LogP contribution in [-0.4, -0.2) is 37.0 Å². The average Bonchev–Trinajstić information content (AvgIpc) is 2.96. The van der Waals surface area contributed by atoms with E-state index in [2.05, 4.69) is 0 Å². The van der Waals surface area contributed by atoms with Gasteiger partial charge in [0.25, 0.3) is 0 Å². The summed E-state index contributed by atoms with van der Waals surface area (Å²) in [4.78, 5) is 23.4. The predicted molar refractivity (Wildman–Crippen MR) is 84.7 cm³/mol. The van der Waals surface area contributed by atoms with Crippen LogP contribution in [0.5, 0.6) is 5.75 Å². The Hall–Kier alpha value is -1.92. The van der Waals surface area contributed by atoms with Crippen LogP contribution in [-0.2, 0) is 19.0 Å². The van der Waals surface area contributed by atoms with Gasteiger partial charge in [0.15, 0.2) is 5.79 Å². The highest BCUT2D eigenvalue weighted by Crippen LogP contribution is 2.37. The summed E-state index contributed by atoms with van der Waals surface area (Å²) in [7, 11) is 0. The summed E-state index contributed by atoms with van der Waals surface area (Å²) in [5.74, 6) is -1.31. The third-order valence-corrected chi connectivity index (χ3v) is 4.29. The topological polar surface area (TPSA) is 71.1 Å². The largest absolute Gasteiger partial charge is 0.459 e. The monoisotopic (exact) mass is 334 g/mol. The molecule has 0 N–H and O–H groups in total. The molecule has 0 unspecified atom stereocenters. The summed E-state index contributed by atoms with van der Waals surface area (Å²) in [6.45, 7) is 1.84. The van der Waals surface area contributed by atoms with E-state index in [0.717, 1.165) is 25.7 Å². The van der Waals surface area contributed by atoms with E-state index in [9.17, 15) is 9.59 Å². The van der Waals surface area contributed by atoms with Crippen molar-refractivity contribution >= 4 is 11.9 Å². The normalized spacial score (nSPS) is 22.3. The summed E-state index contributed by atoms with van der Waals surface area (Å²) in [5, 5.41) is 0. The highest BCUT2D eigenvalue weighted by molar-refractivity contribution is 5.93. The number of para-hydroxylation sites is 1. The van der Waals surface area contributed by atoms with Crippen molar-refractivity contribution in [2.45, 2.75) is 50.9 Å². The Morgan fingerprint density at radius 2 is 1.96 bits per heavy atom. The fraction of sp³-hybridized carbons (Fsp3) is 0.556. The van der Waals surface area contributed by atoms with Crippen LogP contribution in [0.15, 0.2) is 24.3 Å². The number of carbonyl (C=O) groups is 2. The minimum atomic E-state index is -0.542. The van der Waals surface area contributed by atoms with Gasteiger partial charge in [-0.05, 0) is 25.0 Å². The van der Waals surface area contributed by atoms with Gasteiger partial charge < -0.3 is 18.9 Å². The van der Waals surface area contributed by atoms with Gasteiger partial charge >= 0.3 is 11.9 Å². The molecule has 1 heterocycles. The zero-order chi connectivity index (χ0) is 17.0. The van der Waals surface area contributed by atoms with Gasteiger partial charge in [-0.3, -0.25) is 4.79 Å². The summed E-state index contributed by atoms with van der Waals surface area (Å²) in [5.41, 5.74) is 0.221. The van der Waals surface area contributed by atoms with Crippen molar-refractivity contribution in [1.82, 2.24) is 0 Å². The lowest BCUT2D eigenvalue weighted by molar-refractivity contribution is -0.189. The van der Waals surface area contributed by atoms with Crippen LogP contribution in [0.4, 0.5) is 0 Å². The minimum absolute atomic E-state index is 0.120. The fourth-order valence-corrected chi connectivity index (χ4v) is 3.18. The molecule has 1 aromatic rings. The molecule has 1 atom stereocenters. The number of hydrogen-bond donors (Lipinski definition) is 0. The molecular weight excluding hydrogens is 312 g/mol. The van der Waals surface area contributed by atoms with Crippen LogP contribution in [0, 0.1) is 0 Å². The highest BCUT2D eigenvalue weighted by Gasteiger charge is 2.42. The van der Waals surface area contributed by atoms with E-state index in [-0.39, 0.29) is 24.0 Å². The highest BCUT2D eigenvalue weighted by atomic mass is 16.8. The first kappa shape index (κ1) is 16.9. The molecule has 1 aliphatic carbocycles. The number of esters is 2. The Balaban J connectivity index is 1.56.